The quantitative estimate of drug-likeness (QED) is 0.708. The highest BCUT2D eigenvalue weighted by Gasteiger charge is 2.39. The Morgan fingerprint density at radius 3 is 2.67 bits per heavy atom. The minimum absolute atomic E-state index is 0.0956. The van der Waals surface area contributed by atoms with Crippen molar-refractivity contribution in [3.63, 3.8) is 0 Å². The van der Waals surface area contributed by atoms with Crippen molar-refractivity contribution in [2.24, 2.45) is 11.8 Å². The maximum absolute atomic E-state index is 12.8. The van der Waals surface area contributed by atoms with Crippen LogP contribution in [0.15, 0.2) is 30.3 Å². The van der Waals surface area contributed by atoms with Crippen LogP contribution in [0, 0.1) is 11.8 Å². The number of imide groups is 1. The molecule has 4 nitrogen and oxygen atoms in total. The second-order valence-electron chi connectivity index (χ2n) is 7.01. The van der Waals surface area contributed by atoms with Gasteiger partial charge in [-0.3, -0.25) is 4.79 Å². The molecule has 24 heavy (non-hydrogen) atoms. The van der Waals surface area contributed by atoms with E-state index in [9.17, 15) is 9.59 Å². The summed E-state index contributed by atoms with van der Waals surface area (Å²) in [6.07, 6.45) is 4.46. The summed E-state index contributed by atoms with van der Waals surface area (Å²) in [5, 5.41) is 0. The monoisotopic (exact) mass is 331 g/mol. The average Bonchev–Trinajstić information content (AvgIpc) is 2.93. The van der Waals surface area contributed by atoms with Crippen molar-refractivity contribution < 1.29 is 14.3 Å². The molecule has 1 aliphatic heterocycles. The van der Waals surface area contributed by atoms with Gasteiger partial charge in [0.05, 0.1) is 6.04 Å². The van der Waals surface area contributed by atoms with Crippen LogP contribution in [0.25, 0.3) is 0 Å². The van der Waals surface area contributed by atoms with Gasteiger partial charge in [0.1, 0.15) is 6.61 Å². The highest BCUT2D eigenvalue weighted by Crippen LogP contribution is 2.24. The zero-order valence-corrected chi connectivity index (χ0v) is 15.0. The van der Waals surface area contributed by atoms with Gasteiger partial charge in [-0.15, -0.1) is 0 Å². The van der Waals surface area contributed by atoms with Crippen molar-refractivity contribution in [1.82, 2.24) is 4.90 Å². The molecular weight excluding hydrogens is 302 g/mol. The number of carbonyl (C=O) groups is 2. The van der Waals surface area contributed by atoms with E-state index in [0.29, 0.717) is 12.3 Å². The molecule has 3 atom stereocenters. The van der Waals surface area contributed by atoms with Crippen molar-refractivity contribution >= 4 is 12.0 Å². The van der Waals surface area contributed by atoms with E-state index in [4.69, 9.17) is 4.74 Å². The molecule has 1 heterocycles. The van der Waals surface area contributed by atoms with Crippen LogP contribution < -0.4 is 0 Å². The summed E-state index contributed by atoms with van der Waals surface area (Å²) in [6, 6.07) is 9.74. The van der Waals surface area contributed by atoms with Gasteiger partial charge >= 0.3 is 6.09 Å². The molecule has 1 aromatic rings. The van der Waals surface area contributed by atoms with Gasteiger partial charge in [0.25, 0.3) is 0 Å². The van der Waals surface area contributed by atoms with Crippen LogP contribution in [0.2, 0.25) is 0 Å². The first-order valence-corrected chi connectivity index (χ1v) is 9.06. The molecule has 4 heteroatoms. The predicted octanol–water partition coefficient (Wildman–Crippen LogP) is 4.43. The Hall–Kier alpha value is -1.84. The SMILES string of the molecule is CCCC[C@H](C)C[C@H](C)C(=O)N1C(=O)OC[C@H]1Cc1ccccc1. The molecule has 0 radical (unpaired) electrons. The number of carbonyl (C=O) groups excluding carboxylic acids is 2. The zero-order valence-electron chi connectivity index (χ0n) is 15.0. The van der Waals surface area contributed by atoms with E-state index >= 15 is 0 Å². The van der Waals surface area contributed by atoms with E-state index in [2.05, 4.69) is 13.8 Å². The van der Waals surface area contributed by atoms with Crippen molar-refractivity contribution in [3.05, 3.63) is 35.9 Å². The van der Waals surface area contributed by atoms with Crippen LogP contribution in [0.4, 0.5) is 4.79 Å². The highest BCUT2D eigenvalue weighted by atomic mass is 16.6. The standard InChI is InChI=1S/C20H29NO3/c1-4-5-9-15(2)12-16(3)19(22)21-18(14-24-20(21)23)13-17-10-7-6-8-11-17/h6-8,10-11,15-16,18H,4-5,9,12-14H2,1-3H3/t15-,16-,18+/m0/s1. The lowest BCUT2D eigenvalue weighted by atomic mass is 9.92. The fourth-order valence-electron chi connectivity index (χ4n) is 3.38. The van der Waals surface area contributed by atoms with Crippen LogP contribution in [-0.4, -0.2) is 29.5 Å². The summed E-state index contributed by atoms with van der Waals surface area (Å²) < 4.78 is 5.16. The molecular formula is C20H29NO3. The fourth-order valence-corrected chi connectivity index (χ4v) is 3.38. The molecule has 0 spiro atoms. The van der Waals surface area contributed by atoms with Gasteiger partial charge in [0, 0.05) is 5.92 Å². The topological polar surface area (TPSA) is 46.6 Å². The van der Waals surface area contributed by atoms with E-state index in [1.807, 2.05) is 37.3 Å². The highest BCUT2D eigenvalue weighted by molar-refractivity contribution is 5.94. The molecule has 1 fully saturated rings. The predicted molar refractivity (Wildman–Crippen MR) is 94.6 cm³/mol. The Bertz CT molecular complexity index is 543. The summed E-state index contributed by atoms with van der Waals surface area (Å²) in [5.41, 5.74) is 1.11. The number of benzene rings is 1. The van der Waals surface area contributed by atoms with Crippen LogP contribution in [0.1, 0.15) is 52.0 Å². The van der Waals surface area contributed by atoms with Crippen LogP contribution in [0.5, 0.6) is 0 Å². The lowest BCUT2D eigenvalue weighted by Crippen LogP contribution is -2.43. The number of ether oxygens (including phenoxy) is 1. The van der Waals surface area contributed by atoms with E-state index in [-0.39, 0.29) is 24.5 Å². The first-order valence-electron chi connectivity index (χ1n) is 9.06. The second kappa shape index (κ2) is 8.86. The van der Waals surface area contributed by atoms with E-state index in [0.717, 1.165) is 18.4 Å². The number of rotatable bonds is 8. The minimum Gasteiger partial charge on any atom is -0.447 e. The largest absolute Gasteiger partial charge is 0.447 e. The van der Waals surface area contributed by atoms with Gasteiger partial charge in [-0.2, -0.15) is 0 Å². The van der Waals surface area contributed by atoms with Gasteiger partial charge in [-0.05, 0) is 24.3 Å². The minimum atomic E-state index is -0.492. The molecule has 2 rings (SSSR count). The number of hydrogen-bond acceptors (Lipinski definition) is 3. The van der Waals surface area contributed by atoms with Crippen LogP contribution in [0.3, 0.4) is 0 Å². The van der Waals surface area contributed by atoms with Crippen LogP contribution >= 0.6 is 0 Å². The summed E-state index contributed by atoms with van der Waals surface area (Å²) in [4.78, 5) is 26.2. The maximum Gasteiger partial charge on any atom is 0.416 e. The summed E-state index contributed by atoms with van der Waals surface area (Å²) in [7, 11) is 0. The lowest BCUT2D eigenvalue weighted by Gasteiger charge is -2.24. The number of nitrogens with zero attached hydrogens (tertiary/aromatic N) is 1. The third-order valence-corrected chi connectivity index (χ3v) is 4.74. The summed E-state index contributed by atoms with van der Waals surface area (Å²) in [6.45, 7) is 6.58. The summed E-state index contributed by atoms with van der Waals surface area (Å²) >= 11 is 0. The Kier molecular flexibility index (Phi) is 6.83. The maximum atomic E-state index is 12.8. The Balaban J connectivity index is 1.98. The molecule has 0 bridgehead atoms. The fraction of sp³-hybridized carbons (Fsp3) is 0.600. The smallest absolute Gasteiger partial charge is 0.416 e. The number of amides is 2. The van der Waals surface area contributed by atoms with Crippen molar-refractivity contribution in [3.8, 4) is 0 Å². The van der Waals surface area contributed by atoms with Gasteiger partial charge in [0.2, 0.25) is 5.91 Å². The number of unbranched alkanes of at least 4 members (excludes halogenated alkanes) is 1. The van der Waals surface area contributed by atoms with Crippen molar-refractivity contribution in [2.75, 3.05) is 6.61 Å². The molecule has 1 aliphatic rings. The Morgan fingerprint density at radius 2 is 2.00 bits per heavy atom. The number of hydrogen-bond donors (Lipinski definition) is 0. The molecule has 1 saturated heterocycles. The third kappa shape index (κ3) is 4.83. The first-order chi connectivity index (χ1) is 11.5. The van der Waals surface area contributed by atoms with Gasteiger partial charge in [-0.25, -0.2) is 9.69 Å². The average molecular weight is 331 g/mol. The zero-order chi connectivity index (χ0) is 17.5. The first kappa shape index (κ1) is 18.5. The normalized spacial score (nSPS) is 19.9. The molecule has 2 amide bonds. The van der Waals surface area contributed by atoms with Gasteiger partial charge < -0.3 is 4.74 Å². The van der Waals surface area contributed by atoms with Crippen LogP contribution in [-0.2, 0) is 16.0 Å². The lowest BCUT2D eigenvalue weighted by molar-refractivity contribution is -0.133. The molecule has 1 aromatic carbocycles. The molecule has 0 unspecified atom stereocenters. The van der Waals surface area contributed by atoms with E-state index < -0.39 is 6.09 Å². The van der Waals surface area contributed by atoms with Gasteiger partial charge in [0.15, 0.2) is 0 Å². The van der Waals surface area contributed by atoms with Gasteiger partial charge in [-0.1, -0.05) is 70.4 Å². The third-order valence-electron chi connectivity index (χ3n) is 4.74. The van der Waals surface area contributed by atoms with Crippen molar-refractivity contribution in [1.29, 1.82) is 0 Å². The summed E-state index contributed by atoms with van der Waals surface area (Å²) in [5.74, 6) is 0.248. The molecule has 0 aliphatic carbocycles. The molecule has 0 N–H and O–H groups in total. The molecule has 0 saturated carbocycles. The molecule has 0 aromatic heterocycles. The number of cyclic esters (lactones) is 1. The van der Waals surface area contributed by atoms with Crippen molar-refractivity contribution in [2.45, 2.75) is 58.9 Å². The Morgan fingerprint density at radius 1 is 1.29 bits per heavy atom. The van der Waals surface area contributed by atoms with E-state index in [1.54, 1.807) is 0 Å². The Labute approximate surface area is 145 Å². The molecule has 132 valence electrons. The van der Waals surface area contributed by atoms with E-state index in [1.165, 1.54) is 17.7 Å². The second-order valence-corrected chi connectivity index (χ2v) is 7.01.